The Bertz CT molecular complexity index is 325. The average molecular weight is 205 g/mol. The van der Waals surface area contributed by atoms with E-state index in [1.165, 1.54) is 12.8 Å². The summed E-state index contributed by atoms with van der Waals surface area (Å²) in [7, 11) is 0. The van der Waals surface area contributed by atoms with Crippen molar-refractivity contribution >= 4 is 0 Å². The molecule has 2 heteroatoms. The SMILES string of the molecule is C=CCCCn1ccc(C(O)C2CC2)c1. The fourth-order valence-electron chi connectivity index (χ4n) is 1.88. The molecule has 1 fully saturated rings. The molecule has 1 aliphatic rings. The van der Waals surface area contributed by atoms with Gasteiger partial charge in [0.15, 0.2) is 0 Å². The van der Waals surface area contributed by atoms with Gasteiger partial charge in [-0.1, -0.05) is 6.08 Å². The summed E-state index contributed by atoms with van der Waals surface area (Å²) in [6, 6.07) is 2.04. The molecule has 1 unspecified atom stereocenters. The monoisotopic (exact) mass is 205 g/mol. The molecule has 0 aliphatic heterocycles. The molecule has 0 amide bonds. The number of hydrogen-bond donors (Lipinski definition) is 1. The minimum atomic E-state index is -0.231. The molecule has 1 aliphatic carbocycles. The van der Waals surface area contributed by atoms with E-state index < -0.39 is 0 Å². The fourth-order valence-corrected chi connectivity index (χ4v) is 1.88. The van der Waals surface area contributed by atoms with Gasteiger partial charge >= 0.3 is 0 Å². The molecule has 1 aromatic heterocycles. The molecule has 2 nitrogen and oxygen atoms in total. The van der Waals surface area contributed by atoms with Gasteiger partial charge in [0, 0.05) is 18.9 Å². The largest absolute Gasteiger partial charge is 0.388 e. The quantitative estimate of drug-likeness (QED) is 0.560. The molecule has 1 N–H and O–H groups in total. The highest BCUT2D eigenvalue weighted by atomic mass is 16.3. The predicted octanol–water partition coefficient (Wildman–Crippen LogP) is 2.90. The first kappa shape index (κ1) is 10.5. The second-order valence-corrected chi connectivity index (χ2v) is 4.40. The summed E-state index contributed by atoms with van der Waals surface area (Å²) in [5, 5.41) is 9.92. The van der Waals surface area contributed by atoms with E-state index in [2.05, 4.69) is 23.5 Å². The van der Waals surface area contributed by atoms with Crippen LogP contribution in [0.4, 0.5) is 0 Å². The van der Waals surface area contributed by atoms with E-state index in [0.717, 1.165) is 24.9 Å². The third kappa shape index (κ3) is 2.72. The maximum absolute atomic E-state index is 9.92. The number of nitrogens with zero attached hydrogens (tertiary/aromatic N) is 1. The Hall–Kier alpha value is -1.02. The van der Waals surface area contributed by atoms with E-state index in [0.29, 0.717) is 5.92 Å². The molecule has 1 aromatic rings. The highest BCUT2D eigenvalue weighted by Gasteiger charge is 2.30. The van der Waals surface area contributed by atoms with Crippen molar-refractivity contribution in [2.45, 2.75) is 38.3 Å². The second kappa shape index (κ2) is 4.67. The highest BCUT2D eigenvalue weighted by Crippen LogP contribution is 2.40. The van der Waals surface area contributed by atoms with E-state index in [9.17, 15) is 5.11 Å². The van der Waals surface area contributed by atoms with Crippen LogP contribution in [0.5, 0.6) is 0 Å². The minimum Gasteiger partial charge on any atom is -0.388 e. The normalized spacial score (nSPS) is 17.7. The van der Waals surface area contributed by atoms with Crippen molar-refractivity contribution in [3.63, 3.8) is 0 Å². The number of aliphatic hydroxyl groups is 1. The summed E-state index contributed by atoms with van der Waals surface area (Å²) >= 11 is 0. The van der Waals surface area contributed by atoms with E-state index in [4.69, 9.17) is 0 Å². The zero-order valence-electron chi connectivity index (χ0n) is 9.10. The number of allylic oxidation sites excluding steroid dienone is 1. The Morgan fingerprint density at radius 2 is 2.40 bits per heavy atom. The van der Waals surface area contributed by atoms with Crippen LogP contribution in [0.15, 0.2) is 31.1 Å². The lowest BCUT2D eigenvalue weighted by Gasteiger charge is -2.06. The van der Waals surface area contributed by atoms with Crippen molar-refractivity contribution in [2.24, 2.45) is 5.92 Å². The smallest absolute Gasteiger partial charge is 0.0832 e. The molecule has 15 heavy (non-hydrogen) atoms. The van der Waals surface area contributed by atoms with Crippen molar-refractivity contribution < 1.29 is 5.11 Å². The number of aromatic nitrogens is 1. The standard InChI is InChI=1S/C13H19NO/c1-2-3-4-8-14-9-7-12(10-14)13(15)11-5-6-11/h2,7,9-11,13,15H,1,3-6,8H2. The third-order valence-corrected chi connectivity index (χ3v) is 3.01. The zero-order valence-corrected chi connectivity index (χ0v) is 9.10. The highest BCUT2D eigenvalue weighted by molar-refractivity contribution is 5.16. The Balaban J connectivity index is 1.88. The summed E-state index contributed by atoms with van der Waals surface area (Å²) < 4.78 is 2.16. The summed E-state index contributed by atoms with van der Waals surface area (Å²) in [5.41, 5.74) is 1.08. The van der Waals surface area contributed by atoms with Crippen molar-refractivity contribution in [1.29, 1.82) is 0 Å². The van der Waals surface area contributed by atoms with Crippen LogP contribution in [0.25, 0.3) is 0 Å². The molecular formula is C13H19NO. The summed E-state index contributed by atoms with van der Waals surface area (Å²) in [5.74, 6) is 0.522. The van der Waals surface area contributed by atoms with Crippen LogP contribution in [0, 0.1) is 5.92 Å². The topological polar surface area (TPSA) is 25.2 Å². The molecule has 1 atom stereocenters. The lowest BCUT2D eigenvalue weighted by molar-refractivity contribution is 0.154. The zero-order chi connectivity index (χ0) is 10.7. The molecule has 0 saturated heterocycles. The fraction of sp³-hybridized carbons (Fsp3) is 0.538. The van der Waals surface area contributed by atoms with Gasteiger partial charge in [0.2, 0.25) is 0 Å². The van der Waals surface area contributed by atoms with Crippen LogP contribution in [-0.2, 0) is 6.54 Å². The lowest BCUT2D eigenvalue weighted by atomic mass is 10.1. The van der Waals surface area contributed by atoms with Gasteiger partial charge in [-0.05, 0) is 43.2 Å². The maximum Gasteiger partial charge on any atom is 0.0832 e. The molecule has 0 aromatic carbocycles. The number of aliphatic hydroxyl groups excluding tert-OH is 1. The molecule has 0 bridgehead atoms. The summed E-state index contributed by atoms with van der Waals surface area (Å²) in [6.07, 6.45) is 10.4. The maximum atomic E-state index is 9.92. The van der Waals surface area contributed by atoms with Crippen molar-refractivity contribution in [3.8, 4) is 0 Å². The first-order valence-electron chi connectivity index (χ1n) is 5.76. The van der Waals surface area contributed by atoms with E-state index in [1.54, 1.807) is 0 Å². The van der Waals surface area contributed by atoms with Gasteiger partial charge in [0.25, 0.3) is 0 Å². The van der Waals surface area contributed by atoms with E-state index in [-0.39, 0.29) is 6.10 Å². The van der Waals surface area contributed by atoms with Gasteiger partial charge in [-0.3, -0.25) is 0 Å². The van der Waals surface area contributed by atoms with Crippen LogP contribution in [-0.4, -0.2) is 9.67 Å². The molecule has 82 valence electrons. The van der Waals surface area contributed by atoms with Crippen LogP contribution >= 0.6 is 0 Å². The molecule has 0 spiro atoms. The molecule has 1 heterocycles. The van der Waals surface area contributed by atoms with Crippen LogP contribution in [0.1, 0.15) is 37.4 Å². The van der Waals surface area contributed by atoms with Crippen molar-refractivity contribution in [1.82, 2.24) is 4.57 Å². The number of hydrogen-bond acceptors (Lipinski definition) is 1. The van der Waals surface area contributed by atoms with Crippen LogP contribution < -0.4 is 0 Å². The van der Waals surface area contributed by atoms with Gasteiger partial charge in [0.1, 0.15) is 0 Å². The van der Waals surface area contributed by atoms with Gasteiger partial charge in [-0.25, -0.2) is 0 Å². The van der Waals surface area contributed by atoms with Gasteiger partial charge in [-0.2, -0.15) is 0 Å². The molecular weight excluding hydrogens is 186 g/mol. The van der Waals surface area contributed by atoms with E-state index >= 15 is 0 Å². The number of unbranched alkanes of at least 4 members (excludes halogenated alkanes) is 1. The lowest BCUT2D eigenvalue weighted by Crippen LogP contribution is -1.98. The molecule has 1 saturated carbocycles. The third-order valence-electron chi connectivity index (χ3n) is 3.01. The second-order valence-electron chi connectivity index (χ2n) is 4.40. The van der Waals surface area contributed by atoms with Gasteiger partial charge in [-0.15, -0.1) is 6.58 Å². The Labute approximate surface area is 91.2 Å². The predicted molar refractivity (Wildman–Crippen MR) is 61.5 cm³/mol. The van der Waals surface area contributed by atoms with E-state index in [1.807, 2.05) is 12.1 Å². The number of rotatable bonds is 6. The van der Waals surface area contributed by atoms with Crippen molar-refractivity contribution in [3.05, 3.63) is 36.7 Å². The minimum absolute atomic E-state index is 0.231. The van der Waals surface area contributed by atoms with Gasteiger partial charge in [0.05, 0.1) is 6.10 Å². The summed E-state index contributed by atoms with van der Waals surface area (Å²) in [4.78, 5) is 0. The summed E-state index contributed by atoms with van der Waals surface area (Å²) in [6.45, 7) is 4.72. The Morgan fingerprint density at radius 1 is 1.60 bits per heavy atom. The van der Waals surface area contributed by atoms with Crippen molar-refractivity contribution in [2.75, 3.05) is 0 Å². The van der Waals surface area contributed by atoms with Gasteiger partial charge < -0.3 is 9.67 Å². The average Bonchev–Trinajstić information content (AvgIpc) is 2.98. The molecule has 2 rings (SSSR count). The number of aryl methyl sites for hydroxylation is 1. The molecule has 0 radical (unpaired) electrons. The van der Waals surface area contributed by atoms with Crippen LogP contribution in [0.2, 0.25) is 0 Å². The Kier molecular flexibility index (Phi) is 3.27. The van der Waals surface area contributed by atoms with Crippen LogP contribution in [0.3, 0.4) is 0 Å². The Morgan fingerprint density at radius 3 is 3.07 bits per heavy atom. The first-order valence-corrected chi connectivity index (χ1v) is 5.76. The first-order chi connectivity index (χ1) is 7.31.